The predicted molar refractivity (Wildman–Crippen MR) is 112 cm³/mol. The molecule has 0 atom stereocenters. The van der Waals surface area contributed by atoms with Gasteiger partial charge in [-0.1, -0.05) is 48.5 Å². The number of hydrazone groups is 1. The number of para-hydroxylation sites is 1. The first-order chi connectivity index (χ1) is 14.7. The van der Waals surface area contributed by atoms with Crippen molar-refractivity contribution in [3.05, 3.63) is 102 Å². The van der Waals surface area contributed by atoms with Crippen molar-refractivity contribution in [1.82, 2.24) is 5.01 Å². The van der Waals surface area contributed by atoms with Gasteiger partial charge in [0.1, 0.15) is 11.5 Å². The minimum absolute atomic E-state index is 0.176. The SMILES string of the molecule is O=C1Nc2ccccc2/C1=N/N1C(=O)/C(=C/Cc2ccco2)N=C1c1ccccc1. The van der Waals surface area contributed by atoms with Crippen LogP contribution in [0.5, 0.6) is 0 Å². The van der Waals surface area contributed by atoms with Crippen LogP contribution in [0.4, 0.5) is 5.69 Å². The molecule has 5 rings (SSSR count). The first kappa shape index (κ1) is 17.8. The van der Waals surface area contributed by atoms with Crippen molar-refractivity contribution in [2.75, 3.05) is 5.32 Å². The van der Waals surface area contributed by atoms with Crippen molar-refractivity contribution in [1.29, 1.82) is 0 Å². The Labute approximate surface area is 172 Å². The smallest absolute Gasteiger partial charge is 0.298 e. The summed E-state index contributed by atoms with van der Waals surface area (Å²) in [5.74, 6) is 0.339. The molecule has 2 amide bonds. The third-order valence-electron chi connectivity index (χ3n) is 4.79. The average Bonchev–Trinajstić information content (AvgIpc) is 3.47. The van der Waals surface area contributed by atoms with Crippen LogP contribution in [0.1, 0.15) is 16.9 Å². The summed E-state index contributed by atoms with van der Waals surface area (Å²) in [6.45, 7) is 0. The zero-order valence-electron chi connectivity index (χ0n) is 15.8. The molecule has 1 N–H and O–H groups in total. The monoisotopic (exact) mass is 396 g/mol. The third kappa shape index (κ3) is 3.12. The van der Waals surface area contributed by atoms with Crippen LogP contribution in [-0.4, -0.2) is 28.4 Å². The molecule has 2 aromatic carbocycles. The number of hydrogen-bond donors (Lipinski definition) is 1. The topological polar surface area (TPSA) is 87.3 Å². The van der Waals surface area contributed by atoms with Gasteiger partial charge in [-0.2, -0.15) is 10.1 Å². The molecule has 1 aromatic heterocycles. The largest absolute Gasteiger partial charge is 0.469 e. The Balaban J connectivity index is 1.56. The molecule has 0 bridgehead atoms. The number of amides is 2. The van der Waals surface area contributed by atoms with Gasteiger partial charge in [0.05, 0.1) is 12.0 Å². The second kappa shape index (κ2) is 7.29. The Bertz CT molecular complexity index is 1220. The van der Waals surface area contributed by atoms with Gasteiger partial charge in [0.15, 0.2) is 11.5 Å². The Morgan fingerprint density at radius 1 is 1.00 bits per heavy atom. The number of aliphatic imine (C=N–C) groups is 1. The molecule has 0 aliphatic carbocycles. The lowest BCUT2D eigenvalue weighted by Gasteiger charge is -2.13. The lowest BCUT2D eigenvalue weighted by Crippen LogP contribution is -2.30. The molecular weight excluding hydrogens is 380 g/mol. The van der Waals surface area contributed by atoms with Gasteiger partial charge in [-0.25, -0.2) is 4.99 Å². The van der Waals surface area contributed by atoms with E-state index in [4.69, 9.17) is 4.42 Å². The molecule has 2 aliphatic rings. The molecule has 30 heavy (non-hydrogen) atoms. The lowest BCUT2D eigenvalue weighted by atomic mass is 10.1. The van der Waals surface area contributed by atoms with E-state index in [9.17, 15) is 9.59 Å². The second-order valence-corrected chi connectivity index (χ2v) is 6.74. The van der Waals surface area contributed by atoms with E-state index in [-0.39, 0.29) is 17.3 Å². The number of carbonyl (C=O) groups is 2. The molecule has 146 valence electrons. The van der Waals surface area contributed by atoms with E-state index in [0.717, 1.165) is 11.3 Å². The molecular formula is C23H16N4O3. The fourth-order valence-corrected chi connectivity index (χ4v) is 3.34. The molecule has 0 saturated heterocycles. The molecule has 0 unspecified atom stereocenters. The van der Waals surface area contributed by atoms with Gasteiger partial charge in [-0.05, 0) is 24.3 Å². The van der Waals surface area contributed by atoms with E-state index in [1.54, 1.807) is 30.5 Å². The Hall–Kier alpha value is -4.26. The molecule has 0 spiro atoms. The summed E-state index contributed by atoms with van der Waals surface area (Å²) in [7, 11) is 0. The van der Waals surface area contributed by atoms with Crippen molar-refractivity contribution in [3.63, 3.8) is 0 Å². The summed E-state index contributed by atoms with van der Waals surface area (Å²) in [4.78, 5) is 30.1. The number of furan rings is 1. The maximum Gasteiger partial charge on any atom is 0.298 e. The zero-order chi connectivity index (χ0) is 20.5. The van der Waals surface area contributed by atoms with Crippen molar-refractivity contribution in [2.24, 2.45) is 10.1 Å². The number of amidine groups is 1. The number of nitrogens with zero attached hydrogens (tertiary/aromatic N) is 3. The van der Waals surface area contributed by atoms with Crippen LogP contribution in [0.15, 0.2) is 99.3 Å². The van der Waals surface area contributed by atoms with Gasteiger partial charge in [-0.3, -0.25) is 9.59 Å². The van der Waals surface area contributed by atoms with Gasteiger partial charge in [0.25, 0.3) is 11.8 Å². The van der Waals surface area contributed by atoms with Gasteiger partial charge >= 0.3 is 0 Å². The highest BCUT2D eigenvalue weighted by molar-refractivity contribution is 6.54. The summed E-state index contributed by atoms with van der Waals surface area (Å²) >= 11 is 0. The Morgan fingerprint density at radius 3 is 2.60 bits per heavy atom. The normalized spacial score (nSPS) is 18.1. The minimum Gasteiger partial charge on any atom is -0.469 e. The van der Waals surface area contributed by atoms with Crippen molar-refractivity contribution < 1.29 is 14.0 Å². The molecule has 7 heteroatoms. The summed E-state index contributed by atoms with van der Waals surface area (Å²) < 4.78 is 5.33. The van der Waals surface area contributed by atoms with E-state index in [2.05, 4.69) is 15.4 Å². The number of carbonyl (C=O) groups excluding carboxylic acids is 2. The molecule has 7 nitrogen and oxygen atoms in total. The van der Waals surface area contributed by atoms with Crippen LogP contribution < -0.4 is 5.32 Å². The molecule has 0 radical (unpaired) electrons. The van der Waals surface area contributed by atoms with E-state index in [1.165, 1.54) is 5.01 Å². The fraction of sp³-hybridized carbons (Fsp3) is 0.0435. The van der Waals surface area contributed by atoms with Crippen molar-refractivity contribution >= 4 is 29.0 Å². The number of allylic oxidation sites excluding steroid dienone is 1. The molecule has 2 aliphatic heterocycles. The van der Waals surface area contributed by atoms with Crippen molar-refractivity contribution in [2.45, 2.75) is 6.42 Å². The molecule has 0 saturated carbocycles. The molecule has 0 fully saturated rings. The fourth-order valence-electron chi connectivity index (χ4n) is 3.34. The molecule has 3 heterocycles. The maximum atomic E-state index is 13.1. The standard InChI is InChI=1S/C23H16N4O3/c28-22-20(17-10-4-5-11-18(17)25-22)26-27-21(15-7-2-1-3-8-15)24-19(23(27)29)13-12-16-9-6-14-30-16/h1-11,13-14H,12H2,(H,25,26,28)/b19-13-. The highest BCUT2D eigenvalue weighted by Gasteiger charge is 2.34. The summed E-state index contributed by atoms with van der Waals surface area (Å²) in [6.07, 6.45) is 3.71. The van der Waals surface area contributed by atoms with E-state index >= 15 is 0 Å². The minimum atomic E-state index is -0.398. The van der Waals surface area contributed by atoms with Crippen LogP contribution in [0.25, 0.3) is 0 Å². The van der Waals surface area contributed by atoms with E-state index in [1.807, 2.05) is 48.5 Å². The van der Waals surface area contributed by atoms with Gasteiger partial charge in [0.2, 0.25) is 0 Å². The Kier molecular flexibility index (Phi) is 4.33. The number of hydrogen-bond acceptors (Lipinski definition) is 5. The number of fused-ring (bicyclic) bond motifs is 1. The number of anilines is 1. The van der Waals surface area contributed by atoms with Crippen molar-refractivity contribution in [3.8, 4) is 0 Å². The number of nitrogens with one attached hydrogen (secondary N) is 1. The third-order valence-corrected chi connectivity index (χ3v) is 4.79. The predicted octanol–water partition coefficient (Wildman–Crippen LogP) is 3.35. The van der Waals surface area contributed by atoms with Crippen LogP contribution in [0.3, 0.4) is 0 Å². The first-order valence-corrected chi connectivity index (χ1v) is 9.41. The van der Waals surface area contributed by atoms with Gasteiger partial charge in [-0.15, -0.1) is 0 Å². The number of rotatable bonds is 4. The average molecular weight is 396 g/mol. The van der Waals surface area contributed by atoms with E-state index in [0.29, 0.717) is 23.5 Å². The first-order valence-electron chi connectivity index (χ1n) is 9.41. The van der Waals surface area contributed by atoms with Gasteiger partial charge < -0.3 is 9.73 Å². The second-order valence-electron chi connectivity index (χ2n) is 6.74. The summed E-state index contributed by atoms with van der Waals surface area (Å²) in [5.41, 5.74) is 2.47. The maximum absolute atomic E-state index is 13.1. The van der Waals surface area contributed by atoms with E-state index < -0.39 is 5.91 Å². The van der Waals surface area contributed by atoms with Gasteiger partial charge in [0, 0.05) is 17.5 Å². The zero-order valence-corrected chi connectivity index (χ0v) is 15.8. The highest BCUT2D eigenvalue weighted by atomic mass is 16.3. The van der Waals surface area contributed by atoms with Crippen LogP contribution in [0.2, 0.25) is 0 Å². The lowest BCUT2D eigenvalue weighted by molar-refractivity contribution is -0.122. The summed E-state index contributed by atoms with van der Waals surface area (Å²) in [6, 6.07) is 20.1. The number of benzene rings is 2. The Morgan fingerprint density at radius 2 is 1.80 bits per heavy atom. The summed E-state index contributed by atoms with van der Waals surface area (Å²) in [5, 5.41) is 8.39. The highest BCUT2D eigenvalue weighted by Crippen LogP contribution is 2.26. The van der Waals surface area contributed by atoms with Crippen LogP contribution >= 0.6 is 0 Å². The molecule has 3 aromatic rings. The quantitative estimate of drug-likeness (QED) is 0.686. The van der Waals surface area contributed by atoms with Crippen LogP contribution in [-0.2, 0) is 16.0 Å². The van der Waals surface area contributed by atoms with Crippen LogP contribution in [0, 0.1) is 0 Å².